The van der Waals surface area contributed by atoms with Gasteiger partial charge < -0.3 is 24.5 Å². The molecule has 0 aliphatic carbocycles. The maximum absolute atomic E-state index is 13.1. The Hall–Kier alpha value is -3.17. The summed E-state index contributed by atoms with van der Waals surface area (Å²) in [7, 11) is 0. The van der Waals surface area contributed by atoms with E-state index in [9.17, 15) is 9.59 Å². The topological polar surface area (TPSA) is 94.6 Å². The largest absolute Gasteiger partial charge is 0.454 e. The highest BCUT2D eigenvalue weighted by molar-refractivity contribution is 7.71. The van der Waals surface area contributed by atoms with Crippen LogP contribution in [-0.4, -0.2) is 41.5 Å². The van der Waals surface area contributed by atoms with E-state index in [-0.39, 0.29) is 29.1 Å². The van der Waals surface area contributed by atoms with Gasteiger partial charge in [-0.15, -0.1) is 0 Å². The van der Waals surface area contributed by atoms with E-state index < -0.39 is 0 Å². The first kappa shape index (κ1) is 19.8. The third-order valence-electron chi connectivity index (χ3n) is 5.54. The number of carbonyl (C=O) groups is 1. The number of nitrogens with zero attached hydrogens (tertiary/aromatic N) is 1. The third kappa shape index (κ3) is 3.94. The van der Waals surface area contributed by atoms with Crippen molar-refractivity contribution in [3.05, 3.63) is 62.6 Å². The Kier molecular flexibility index (Phi) is 5.21. The van der Waals surface area contributed by atoms with Crippen LogP contribution in [0.5, 0.6) is 11.5 Å². The number of aromatic amines is 1. The van der Waals surface area contributed by atoms with Gasteiger partial charge in [-0.3, -0.25) is 14.2 Å². The molecule has 2 aliphatic rings. The lowest BCUT2D eigenvalue weighted by Crippen LogP contribution is -2.31. The number of ether oxygens (including phenoxy) is 3. The summed E-state index contributed by atoms with van der Waals surface area (Å²) in [5, 5.41) is 3.35. The van der Waals surface area contributed by atoms with Crippen molar-refractivity contribution in [2.75, 3.05) is 19.9 Å². The number of fused-ring (bicyclic) bond motifs is 2. The van der Waals surface area contributed by atoms with E-state index >= 15 is 0 Å². The number of H-pyrrole nitrogens is 1. The van der Waals surface area contributed by atoms with Gasteiger partial charge in [-0.1, -0.05) is 6.07 Å². The quantitative estimate of drug-likeness (QED) is 0.594. The Balaban J connectivity index is 1.40. The average molecular weight is 439 g/mol. The van der Waals surface area contributed by atoms with E-state index in [0.717, 1.165) is 25.0 Å². The highest BCUT2D eigenvalue weighted by atomic mass is 32.1. The van der Waals surface area contributed by atoms with Crippen molar-refractivity contribution >= 4 is 29.0 Å². The number of aromatic nitrogens is 2. The number of hydrogen-bond acceptors (Lipinski definition) is 6. The van der Waals surface area contributed by atoms with Crippen LogP contribution in [0.2, 0.25) is 0 Å². The Morgan fingerprint density at radius 3 is 2.90 bits per heavy atom. The molecule has 0 spiro atoms. The maximum Gasteiger partial charge on any atom is 0.262 e. The van der Waals surface area contributed by atoms with Crippen LogP contribution < -0.4 is 20.3 Å². The van der Waals surface area contributed by atoms with Crippen LogP contribution in [0, 0.1) is 4.77 Å². The van der Waals surface area contributed by atoms with Crippen molar-refractivity contribution in [1.29, 1.82) is 0 Å². The minimum absolute atomic E-state index is 0.0681. The zero-order chi connectivity index (χ0) is 21.4. The molecule has 1 aromatic heterocycles. The summed E-state index contributed by atoms with van der Waals surface area (Å²) in [6.07, 6.45) is 2.04. The molecule has 1 fully saturated rings. The van der Waals surface area contributed by atoms with Gasteiger partial charge in [-0.05, 0) is 61.0 Å². The summed E-state index contributed by atoms with van der Waals surface area (Å²) in [5.41, 5.74) is 1.64. The summed E-state index contributed by atoms with van der Waals surface area (Å²) in [6, 6.07) is 10.5. The average Bonchev–Trinajstić information content (AvgIpc) is 3.46. The Labute approximate surface area is 182 Å². The molecule has 160 valence electrons. The number of amides is 1. The zero-order valence-electron chi connectivity index (χ0n) is 16.7. The molecule has 1 atom stereocenters. The second kappa shape index (κ2) is 8.16. The lowest BCUT2D eigenvalue weighted by atomic mass is 10.1. The molecule has 1 unspecified atom stereocenters. The Bertz CT molecular complexity index is 1280. The number of carbonyl (C=O) groups excluding carboxylic acids is 1. The van der Waals surface area contributed by atoms with E-state index in [1.165, 1.54) is 4.57 Å². The summed E-state index contributed by atoms with van der Waals surface area (Å²) < 4.78 is 18.0. The second-order valence-electron chi connectivity index (χ2n) is 7.61. The smallest absolute Gasteiger partial charge is 0.262 e. The van der Waals surface area contributed by atoms with Crippen molar-refractivity contribution < 1.29 is 19.0 Å². The summed E-state index contributed by atoms with van der Waals surface area (Å²) in [6.45, 7) is 1.71. The number of rotatable bonds is 5. The number of hydrogen-bond donors (Lipinski definition) is 2. The van der Waals surface area contributed by atoms with E-state index in [2.05, 4.69) is 10.3 Å². The van der Waals surface area contributed by atoms with Crippen molar-refractivity contribution in [1.82, 2.24) is 14.9 Å². The van der Waals surface area contributed by atoms with Crippen molar-refractivity contribution in [3.8, 4) is 11.5 Å². The van der Waals surface area contributed by atoms with Gasteiger partial charge >= 0.3 is 0 Å². The third-order valence-corrected chi connectivity index (χ3v) is 5.86. The molecule has 3 heterocycles. The highest BCUT2D eigenvalue weighted by Gasteiger charge is 2.18. The van der Waals surface area contributed by atoms with Gasteiger partial charge in [-0.2, -0.15) is 0 Å². The summed E-state index contributed by atoms with van der Waals surface area (Å²) in [5.74, 6) is 1.13. The first-order chi connectivity index (χ1) is 15.1. The lowest BCUT2D eigenvalue weighted by molar-refractivity contribution is 0.0858. The lowest BCUT2D eigenvalue weighted by Gasteiger charge is -2.12. The zero-order valence-corrected chi connectivity index (χ0v) is 17.5. The van der Waals surface area contributed by atoms with Crippen LogP contribution in [0.3, 0.4) is 0 Å². The number of nitrogens with one attached hydrogen (secondary N) is 2. The van der Waals surface area contributed by atoms with Crippen molar-refractivity contribution in [3.63, 3.8) is 0 Å². The monoisotopic (exact) mass is 439 g/mol. The standard InChI is InChI=1S/C22H21N3O5S/c26-20(23-10-15-2-1-7-28-15)14-4-5-16-17(9-14)24-22(31)25(21(16)27)11-13-3-6-18-19(8-13)30-12-29-18/h3-6,8-9,15H,1-2,7,10-12H2,(H,23,26)(H,24,31). The minimum atomic E-state index is -0.220. The molecule has 0 saturated carbocycles. The van der Waals surface area contributed by atoms with Gasteiger partial charge in [-0.25, -0.2) is 0 Å². The van der Waals surface area contributed by atoms with E-state index in [1.807, 2.05) is 18.2 Å². The van der Waals surface area contributed by atoms with Gasteiger partial charge in [0.05, 0.1) is 23.6 Å². The molecular weight excluding hydrogens is 418 g/mol. The SMILES string of the molecule is O=C(NCC1CCCO1)c1ccc2c(=O)n(Cc3ccc4c(c3)OCO4)c(=S)[nH]c2c1. The molecule has 1 amide bonds. The van der Waals surface area contributed by atoms with Crippen LogP contribution in [0.4, 0.5) is 0 Å². The fourth-order valence-electron chi connectivity index (χ4n) is 3.88. The van der Waals surface area contributed by atoms with Gasteiger partial charge in [0.2, 0.25) is 6.79 Å². The Morgan fingerprint density at radius 1 is 1.19 bits per heavy atom. The first-order valence-electron chi connectivity index (χ1n) is 10.1. The van der Waals surface area contributed by atoms with Gasteiger partial charge in [0.25, 0.3) is 11.5 Å². The van der Waals surface area contributed by atoms with Gasteiger partial charge in [0.1, 0.15) is 0 Å². The Morgan fingerprint density at radius 2 is 2.06 bits per heavy atom. The van der Waals surface area contributed by atoms with Crippen molar-refractivity contribution in [2.24, 2.45) is 0 Å². The fraction of sp³-hybridized carbons (Fsp3) is 0.318. The molecule has 2 N–H and O–H groups in total. The molecule has 2 aliphatic heterocycles. The molecule has 3 aromatic rings. The molecule has 8 nitrogen and oxygen atoms in total. The highest BCUT2D eigenvalue weighted by Crippen LogP contribution is 2.32. The van der Waals surface area contributed by atoms with Crippen LogP contribution in [0.25, 0.3) is 10.9 Å². The maximum atomic E-state index is 13.1. The van der Waals surface area contributed by atoms with Crippen LogP contribution in [0.1, 0.15) is 28.8 Å². The molecule has 31 heavy (non-hydrogen) atoms. The summed E-state index contributed by atoms with van der Waals surface area (Å²) in [4.78, 5) is 28.7. The second-order valence-corrected chi connectivity index (χ2v) is 8.00. The van der Waals surface area contributed by atoms with Gasteiger partial charge in [0, 0.05) is 18.7 Å². The van der Waals surface area contributed by atoms with Gasteiger partial charge in [0.15, 0.2) is 16.3 Å². The van der Waals surface area contributed by atoms with Crippen LogP contribution >= 0.6 is 12.2 Å². The van der Waals surface area contributed by atoms with Crippen molar-refractivity contribution in [2.45, 2.75) is 25.5 Å². The van der Waals surface area contributed by atoms with E-state index in [1.54, 1.807) is 18.2 Å². The molecule has 0 bridgehead atoms. The van der Waals surface area contributed by atoms with E-state index in [4.69, 9.17) is 26.4 Å². The molecule has 1 saturated heterocycles. The van der Waals surface area contributed by atoms with Crippen LogP contribution in [0.15, 0.2) is 41.2 Å². The number of benzene rings is 2. The fourth-order valence-corrected chi connectivity index (χ4v) is 4.13. The first-order valence-corrected chi connectivity index (χ1v) is 10.5. The molecule has 2 aromatic carbocycles. The molecule has 5 rings (SSSR count). The van der Waals surface area contributed by atoms with E-state index in [0.29, 0.717) is 41.1 Å². The molecule has 9 heteroatoms. The van der Waals surface area contributed by atoms with Crippen LogP contribution in [-0.2, 0) is 11.3 Å². The minimum Gasteiger partial charge on any atom is -0.454 e. The molecule has 0 radical (unpaired) electrons. The molecular formula is C22H21N3O5S. The predicted molar refractivity (Wildman–Crippen MR) is 116 cm³/mol. The summed E-state index contributed by atoms with van der Waals surface area (Å²) >= 11 is 5.43. The normalized spacial score (nSPS) is 17.2. The predicted octanol–water partition coefficient (Wildman–Crippen LogP) is 2.74.